The topological polar surface area (TPSA) is 67.3 Å². The Morgan fingerprint density at radius 2 is 1.63 bits per heavy atom. The summed E-state index contributed by atoms with van der Waals surface area (Å²) in [6, 6.07) is 4.05. The summed E-state index contributed by atoms with van der Waals surface area (Å²) < 4.78 is 43.2. The van der Waals surface area contributed by atoms with Gasteiger partial charge in [-0.15, -0.1) is 0 Å². The maximum absolute atomic E-state index is 12.6. The van der Waals surface area contributed by atoms with Crippen LogP contribution in [0.1, 0.15) is 27.3 Å². The number of aryl methyl sites for hydroxylation is 2. The van der Waals surface area contributed by atoms with E-state index in [1.165, 1.54) is 0 Å². The first kappa shape index (κ1) is 19.1. The summed E-state index contributed by atoms with van der Waals surface area (Å²) in [6.45, 7) is 6.09. The van der Waals surface area contributed by atoms with Crippen molar-refractivity contribution in [2.24, 2.45) is 0 Å². The molecule has 0 spiro atoms. The summed E-state index contributed by atoms with van der Waals surface area (Å²) in [4.78, 5) is 23.3. The van der Waals surface area contributed by atoms with E-state index in [0.717, 1.165) is 24.3 Å². The van der Waals surface area contributed by atoms with Crippen molar-refractivity contribution in [3.8, 4) is 0 Å². The molecule has 1 aliphatic rings. The molecule has 0 unspecified atom stereocenters. The summed E-state index contributed by atoms with van der Waals surface area (Å²) in [6.07, 6.45) is -4.44. The van der Waals surface area contributed by atoms with Crippen molar-refractivity contribution in [2.75, 3.05) is 36.5 Å². The van der Waals surface area contributed by atoms with E-state index in [0.29, 0.717) is 49.3 Å². The molecule has 1 amide bonds. The number of morpholine rings is 1. The monoisotopic (exact) mass is 380 g/mol. The van der Waals surface area contributed by atoms with Crippen LogP contribution in [-0.2, 0) is 10.9 Å². The molecule has 0 atom stereocenters. The predicted molar refractivity (Wildman–Crippen MR) is 93.9 cm³/mol. The number of halogens is 3. The Bertz CT molecular complexity index is 808. The molecule has 144 valence electrons. The van der Waals surface area contributed by atoms with E-state index >= 15 is 0 Å². The van der Waals surface area contributed by atoms with E-state index < -0.39 is 17.6 Å². The van der Waals surface area contributed by atoms with Crippen molar-refractivity contribution in [1.29, 1.82) is 0 Å². The highest BCUT2D eigenvalue weighted by molar-refractivity contribution is 6.04. The van der Waals surface area contributed by atoms with Crippen molar-refractivity contribution in [1.82, 2.24) is 9.97 Å². The molecule has 3 rings (SSSR count). The SMILES string of the molecule is Cc1nc(N2CCOCC2)nc(C)c1NC(=O)c1ccc(C(F)(F)F)cc1. The van der Waals surface area contributed by atoms with Crippen molar-refractivity contribution in [2.45, 2.75) is 20.0 Å². The van der Waals surface area contributed by atoms with E-state index in [1.807, 2.05) is 4.90 Å². The second-order valence-corrected chi connectivity index (χ2v) is 6.20. The van der Waals surface area contributed by atoms with Gasteiger partial charge in [0.1, 0.15) is 0 Å². The molecule has 9 heteroatoms. The molecule has 0 bridgehead atoms. The van der Waals surface area contributed by atoms with E-state index in [4.69, 9.17) is 4.74 Å². The standard InChI is InChI=1S/C18H19F3N4O2/c1-11-15(12(2)23-17(22-11)25-7-9-27-10-8-25)24-16(26)13-3-5-14(6-4-13)18(19,20)21/h3-6H,7-10H2,1-2H3,(H,24,26). The fourth-order valence-corrected chi connectivity index (χ4v) is 2.78. The Balaban J connectivity index is 1.77. The van der Waals surface area contributed by atoms with Gasteiger partial charge >= 0.3 is 6.18 Å². The van der Waals surface area contributed by atoms with Crippen molar-refractivity contribution >= 4 is 17.5 Å². The smallest absolute Gasteiger partial charge is 0.378 e. The fourth-order valence-electron chi connectivity index (χ4n) is 2.78. The number of alkyl halides is 3. The third-order valence-electron chi connectivity index (χ3n) is 4.27. The third-order valence-corrected chi connectivity index (χ3v) is 4.27. The van der Waals surface area contributed by atoms with Gasteiger partial charge in [0.15, 0.2) is 0 Å². The Morgan fingerprint density at radius 1 is 1.07 bits per heavy atom. The van der Waals surface area contributed by atoms with Crippen LogP contribution in [0, 0.1) is 13.8 Å². The average Bonchev–Trinajstić information content (AvgIpc) is 2.64. The van der Waals surface area contributed by atoms with Gasteiger partial charge in [0.2, 0.25) is 5.95 Å². The van der Waals surface area contributed by atoms with Crippen LogP contribution in [0.4, 0.5) is 24.8 Å². The average molecular weight is 380 g/mol. The van der Waals surface area contributed by atoms with E-state index in [9.17, 15) is 18.0 Å². The van der Waals surface area contributed by atoms with Crippen LogP contribution in [0.5, 0.6) is 0 Å². The van der Waals surface area contributed by atoms with E-state index in [-0.39, 0.29) is 5.56 Å². The molecular formula is C18H19F3N4O2. The maximum Gasteiger partial charge on any atom is 0.416 e. The Labute approximate surface area is 154 Å². The van der Waals surface area contributed by atoms with Crippen molar-refractivity contribution < 1.29 is 22.7 Å². The van der Waals surface area contributed by atoms with Crippen LogP contribution in [0.25, 0.3) is 0 Å². The largest absolute Gasteiger partial charge is 0.416 e. The highest BCUT2D eigenvalue weighted by Gasteiger charge is 2.30. The number of nitrogens with one attached hydrogen (secondary N) is 1. The van der Waals surface area contributed by atoms with Gasteiger partial charge in [-0.1, -0.05) is 0 Å². The number of anilines is 2. The van der Waals surface area contributed by atoms with E-state index in [1.54, 1.807) is 13.8 Å². The number of aromatic nitrogens is 2. The quantitative estimate of drug-likeness (QED) is 0.886. The minimum Gasteiger partial charge on any atom is -0.378 e. The van der Waals surface area contributed by atoms with Crippen molar-refractivity contribution in [3.05, 3.63) is 46.8 Å². The number of nitrogens with zero attached hydrogens (tertiary/aromatic N) is 3. The third kappa shape index (κ3) is 4.36. The predicted octanol–water partition coefficient (Wildman–Crippen LogP) is 3.20. The molecule has 1 fully saturated rings. The molecular weight excluding hydrogens is 361 g/mol. The molecule has 6 nitrogen and oxygen atoms in total. The summed E-state index contributed by atoms with van der Waals surface area (Å²) >= 11 is 0. The highest BCUT2D eigenvalue weighted by atomic mass is 19.4. The summed E-state index contributed by atoms with van der Waals surface area (Å²) in [5.74, 6) is 0.0541. The molecule has 1 aromatic carbocycles. The van der Waals surface area contributed by atoms with Crippen LogP contribution in [0.3, 0.4) is 0 Å². The summed E-state index contributed by atoms with van der Waals surface area (Å²) in [5.41, 5.74) is 0.953. The van der Waals surface area contributed by atoms with Crippen LogP contribution in [-0.4, -0.2) is 42.2 Å². The Morgan fingerprint density at radius 3 is 2.15 bits per heavy atom. The number of rotatable bonds is 3. The molecule has 0 saturated carbocycles. The first-order valence-electron chi connectivity index (χ1n) is 8.42. The van der Waals surface area contributed by atoms with Crippen LogP contribution in [0.15, 0.2) is 24.3 Å². The van der Waals surface area contributed by atoms with Gasteiger partial charge in [0.05, 0.1) is 35.9 Å². The van der Waals surface area contributed by atoms with Crippen LogP contribution < -0.4 is 10.2 Å². The van der Waals surface area contributed by atoms with E-state index in [2.05, 4.69) is 15.3 Å². The number of amides is 1. The second kappa shape index (κ2) is 7.51. The number of carbonyl (C=O) groups excluding carboxylic acids is 1. The highest BCUT2D eigenvalue weighted by Crippen LogP contribution is 2.29. The first-order valence-corrected chi connectivity index (χ1v) is 8.42. The Kier molecular flexibility index (Phi) is 5.31. The molecule has 1 saturated heterocycles. The van der Waals surface area contributed by atoms with Crippen molar-refractivity contribution in [3.63, 3.8) is 0 Å². The number of carbonyl (C=O) groups is 1. The van der Waals surface area contributed by atoms with Gasteiger partial charge in [-0.25, -0.2) is 9.97 Å². The zero-order chi connectivity index (χ0) is 19.6. The molecule has 2 heterocycles. The summed E-state index contributed by atoms with van der Waals surface area (Å²) in [7, 11) is 0. The van der Waals surface area contributed by atoms with Gasteiger partial charge in [0, 0.05) is 18.7 Å². The Hall–Kier alpha value is -2.68. The normalized spacial score (nSPS) is 14.9. The molecule has 2 aromatic rings. The molecule has 1 aliphatic heterocycles. The lowest BCUT2D eigenvalue weighted by Gasteiger charge is -2.27. The molecule has 0 radical (unpaired) electrons. The number of benzene rings is 1. The zero-order valence-corrected chi connectivity index (χ0v) is 14.9. The number of hydrogen-bond donors (Lipinski definition) is 1. The maximum atomic E-state index is 12.6. The first-order chi connectivity index (χ1) is 12.8. The van der Waals surface area contributed by atoms with Gasteiger partial charge < -0.3 is 15.0 Å². The van der Waals surface area contributed by atoms with Gasteiger partial charge in [-0.3, -0.25) is 4.79 Å². The molecule has 1 aromatic heterocycles. The minimum absolute atomic E-state index is 0.124. The van der Waals surface area contributed by atoms with Crippen LogP contribution >= 0.6 is 0 Å². The van der Waals surface area contributed by atoms with Gasteiger partial charge in [-0.2, -0.15) is 13.2 Å². The minimum atomic E-state index is -4.44. The lowest BCUT2D eigenvalue weighted by Crippen LogP contribution is -2.37. The number of hydrogen-bond acceptors (Lipinski definition) is 5. The zero-order valence-electron chi connectivity index (χ0n) is 14.9. The molecule has 27 heavy (non-hydrogen) atoms. The van der Waals surface area contributed by atoms with Gasteiger partial charge in [-0.05, 0) is 38.1 Å². The van der Waals surface area contributed by atoms with Crippen LogP contribution in [0.2, 0.25) is 0 Å². The number of ether oxygens (including phenoxy) is 1. The fraction of sp³-hybridized carbons (Fsp3) is 0.389. The summed E-state index contributed by atoms with van der Waals surface area (Å²) in [5, 5.41) is 2.69. The van der Waals surface area contributed by atoms with Gasteiger partial charge in [0.25, 0.3) is 5.91 Å². The second-order valence-electron chi connectivity index (χ2n) is 6.20. The molecule has 0 aliphatic carbocycles. The lowest BCUT2D eigenvalue weighted by molar-refractivity contribution is -0.137. The molecule has 1 N–H and O–H groups in total. The lowest BCUT2D eigenvalue weighted by atomic mass is 10.1.